The highest BCUT2D eigenvalue weighted by molar-refractivity contribution is 5.99. The number of carboxylic acid groups (broad SMARTS) is 2. The lowest BCUT2D eigenvalue weighted by Crippen LogP contribution is -2.48. The van der Waals surface area contributed by atoms with E-state index in [1.165, 1.54) is 77.0 Å². The third-order valence-electron chi connectivity index (χ3n) is 7.25. The summed E-state index contributed by atoms with van der Waals surface area (Å²) in [5.74, 6) is -3.43. The number of nitrogens with zero attached hydrogens (tertiary/aromatic N) is 1. The van der Waals surface area contributed by atoms with E-state index in [1.807, 2.05) is 0 Å². The lowest BCUT2D eigenvalue weighted by Gasteiger charge is -2.27. The van der Waals surface area contributed by atoms with Crippen molar-refractivity contribution in [1.82, 2.24) is 4.90 Å². The van der Waals surface area contributed by atoms with Gasteiger partial charge in [0.15, 0.2) is 0 Å². The number of unbranched alkanes of at least 4 members (excludes halogenated alkanes) is 18. The topological polar surface area (TPSA) is 112 Å². The molecule has 0 aliphatic heterocycles. The molecule has 0 saturated carbocycles. The molecule has 0 bridgehead atoms. The van der Waals surface area contributed by atoms with Gasteiger partial charge in [-0.05, 0) is 19.3 Å². The monoisotopic (exact) mass is 539 g/mol. The summed E-state index contributed by atoms with van der Waals surface area (Å²) in [5, 5.41) is 18.7. The Balaban J connectivity index is 4.58. The van der Waals surface area contributed by atoms with Crippen LogP contribution in [-0.2, 0) is 19.2 Å². The van der Waals surface area contributed by atoms with Crippen LogP contribution >= 0.6 is 0 Å². The van der Waals surface area contributed by atoms with Crippen molar-refractivity contribution in [3.8, 4) is 0 Å². The van der Waals surface area contributed by atoms with E-state index in [9.17, 15) is 24.3 Å². The van der Waals surface area contributed by atoms with Gasteiger partial charge < -0.3 is 10.2 Å². The third kappa shape index (κ3) is 20.1. The normalized spacial score (nSPS) is 11.8. The van der Waals surface area contributed by atoms with Crippen molar-refractivity contribution >= 4 is 23.8 Å². The largest absolute Gasteiger partial charge is 0.481 e. The van der Waals surface area contributed by atoms with Crippen LogP contribution in [0.1, 0.15) is 168 Å². The number of carboxylic acids is 2. The number of hydrogen-bond donors (Lipinski definition) is 2. The van der Waals surface area contributed by atoms with Gasteiger partial charge in [-0.3, -0.25) is 19.3 Å². The summed E-state index contributed by atoms with van der Waals surface area (Å²) in [4.78, 5) is 49.8. The maximum absolute atomic E-state index is 13.0. The molecule has 0 aromatic heterocycles. The van der Waals surface area contributed by atoms with Gasteiger partial charge in [0, 0.05) is 19.3 Å². The van der Waals surface area contributed by atoms with Crippen LogP contribution in [0.3, 0.4) is 0 Å². The molecule has 0 spiro atoms. The Morgan fingerprint density at radius 1 is 0.500 bits per heavy atom. The van der Waals surface area contributed by atoms with Crippen molar-refractivity contribution in [2.75, 3.05) is 0 Å². The first-order valence-corrected chi connectivity index (χ1v) is 15.6. The van der Waals surface area contributed by atoms with Gasteiger partial charge in [-0.15, -0.1) is 0 Å². The first-order chi connectivity index (χ1) is 18.3. The predicted molar refractivity (Wildman–Crippen MR) is 153 cm³/mol. The second-order valence-electron chi connectivity index (χ2n) is 10.8. The zero-order valence-electron chi connectivity index (χ0n) is 24.5. The molecular weight excluding hydrogens is 482 g/mol. The van der Waals surface area contributed by atoms with Crippen LogP contribution in [0, 0.1) is 0 Å². The number of hydrogen-bond acceptors (Lipinski definition) is 4. The minimum absolute atomic E-state index is 0.122. The van der Waals surface area contributed by atoms with Crippen LogP contribution in [0.15, 0.2) is 0 Å². The van der Waals surface area contributed by atoms with Crippen molar-refractivity contribution in [2.45, 2.75) is 174 Å². The lowest BCUT2D eigenvalue weighted by atomic mass is 10.0. The first kappa shape index (κ1) is 36.1. The van der Waals surface area contributed by atoms with Crippen LogP contribution in [0.5, 0.6) is 0 Å². The Morgan fingerprint density at radius 2 is 0.816 bits per heavy atom. The molecule has 1 atom stereocenters. The molecule has 0 heterocycles. The molecule has 7 nitrogen and oxygen atoms in total. The molecule has 0 aromatic carbocycles. The zero-order valence-corrected chi connectivity index (χ0v) is 24.5. The molecule has 222 valence electrons. The van der Waals surface area contributed by atoms with Gasteiger partial charge in [0.05, 0.1) is 0 Å². The molecule has 38 heavy (non-hydrogen) atoms. The van der Waals surface area contributed by atoms with Crippen molar-refractivity contribution in [3.05, 3.63) is 0 Å². The predicted octanol–water partition coefficient (Wildman–Crippen LogP) is 8.28. The van der Waals surface area contributed by atoms with Crippen molar-refractivity contribution in [1.29, 1.82) is 0 Å². The second kappa shape index (κ2) is 25.4. The fraction of sp³-hybridized carbons (Fsp3) is 0.871. The molecule has 7 heteroatoms. The molecule has 0 aliphatic carbocycles. The van der Waals surface area contributed by atoms with Gasteiger partial charge in [-0.1, -0.05) is 129 Å². The summed E-state index contributed by atoms with van der Waals surface area (Å²) >= 11 is 0. The number of carbonyl (C=O) groups is 4. The molecular formula is C31H57NO6. The fourth-order valence-corrected chi connectivity index (χ4v) is 4.88. The van der Waals surface area contributed by atoms with Gasteiger partial charge >= 0.3 is 11.9 Å². The van der Waals surface area contributed by atoms with E-state index in [1.54, 1.807) is 0 Å². The van der Waals surface area contributed by atoms with E-state index in [0.717, 1.165) is 43.4 Å². The number of imide groups is 1. The quantitative estimate of drug-likeness (QED) is 0.102. The average molecular weight is 540 g/mol. The number of rotatable bonds is 27. The molecule has 0 unspecified atom stereocenters. The molecule has 0 saturated heterocycles. The van der Waals surface area contributed by atoms with Gasteiger partial charge in [-0.25, -0.2) is 4.79 Å². The summed E-state index contributed by atoms with van der Waals surface area (Å²) in [6, 6.07) is -1.42. The molecule has 2 amide bonds. The summed E-state index contributed by atoms with van der Waals surface area (Å²) in [6.45, 7) is 4.41. The highest BCUT2D eigenvalue weighted by Gasteiger charge is 2.34. The molecule has 2 N–H and O–H groups in total. The third-order valence-corrected chi connectivity index (χ3v) is 7.25. The van der Waals surface area contributed by atoms with Crippen molar-refractivity contribution in [2.24, 2.45) is 0 Å². The van der Waals surface area contributed by atoms with Gasteiger partial charge in [0.1, 0.15) is 6.04 Å². The maximum atomic E-state index is 13.0. The SMILES string of the molecule is CCCCCCCCCCCCCC(=O)N(C(=O)CCCCCCCCCCC)[C@@H](CCC(=O)O)C(=O)O. The zero-order chi connectivity index (χ0) is 28.4. The second-order valence-corrected chi connectivity index (χ2v) is 10.8. The minimum atomic E-state index is -1.42. The van der Waals surface area contributed by atoms with E-state index in [2.05, 4.69) is 13.8 Å². The summed E-state index contributed by atoms with van der Waals surface area (Å²) in [6.07, 6.45) is 21.9. The Kier molecular flexibility index (Phi) is 24.1. The van der Waals surface area contributed by atoms with Crippen LogP contribution in [0.2, 0.25) is 0 Å². The van der Waals surface area contributed by atoms with Crippen LogP contribution in [-0.4, -0.2) is 44.9 Å². The molecule has 0 radical (unpaired) electrons. The summed E-state index contributed by atoms with van der Waals surface area (Å²) < 4.78 is 0. The van der Waals surface area contributed by atoms with E-state index in [0.29, 0.717) is 12.8 Å². The van der Waals surface area contributed by atoms with Crippen molar-refractivity contribution < 1.29 is 29.4 Å². The van der Waals surface area contributed by atoms with Crippen LogP contribution < -0.4 is 0 Å². The minimum Gasteiger partial charge on any atom is -0.481 e. The van der Waals surface area contributed by atoms with Gasteiger partial charge in [-0.2, -0.15) is 0 Å². The molecule has 0 rings (SSSR count). The number of amides is 2. The van der Waals surface area contributed by atoms with E-state index in [4.69, 9.17) is 5.11 Å². The van der Waals surface area contributed by atoms with Crippen LogP contribution in [0.4, 0.5) is 0 Å². The van der Waals surface area contributed by atoms with Gasteiger partial charge in [0.2, 0.25) is 11.8 Å². The maximum Gasteiger partial charge on any atom is 0.326 e. The van der Waals surface area contributed by atoms with Crippen molar-refractivity contribution in [3.63, 3.8) is 0 Å². The van der Waals surface area contributed by atoms with Crippen LogP contribution in [0.25, 0.3) is 0 Å². The smallest absolute Gasteiger partial charge is 0.326 e. The lowest BCUT2D eigenvalue weighted by molar-refractivity contribution is -0.159. The standard InChI is InChI=1S/C31H57NO6/c1-3-5-7-9-11-13-14-16-18-20-22-24-29(34)32(27(31(37)38)25-26-30(35)36)28(33)23-21-19-17-15-12-10-8-6-4-2/h27H,3-26H2,1-2H3,(H,35,36)(H,37,38)/t27-/m0/s1. The molecule has 0 fully saturated rings. The first-order valence-electron chi connectivity index (χ1n) is 15.6. The Bertz CT molecular complexity index is 636. The Hall–Kier alpha value is -1.92. The molecule has 0 aliphatic rings. The summed E-state index contributed by atoms with van der Waals surface area (Å²) in [7, 11) is 0. The molecule has 0 aromatic rings. The summed E-state index contributed by atoms with van der Waals surface area (Å²) in [5.41, 5.74) is 0. The highest BCUT2D eigenvalue weighted by Crippen LogP contribution is 2.18. The van der Waals surface area contributed by atoms with E-state index >= 15 is 0 Å². The Morgan fingerprint density at radius 3 is 1.11 bits per heavy atom. The van der Waals surface area contributed by atoms with E-state index in [-0.39, 0.29) is 19.3 Å². The van der Waals surface area contributed by atoms with Gasteiger partial charge in [0.25, 0.3) is 0 Å². The number of aliphatic carboxylic acids is 2. The fourth-order valence-electron chi connectivity index (χ4n) is 4.88. The highest BCUT2D eigenvalue weighted by atomic mass is 16.4. The van der Waals surface area contributed by atoms with E-state index < -0.39 is 36.2 Å². The Labute approximate surface area is 232 Å². The average Bonchev–Trinajstić information content (AvgIpc) is 2.88. The number of carbonyl (C=O) groups excluding carboxylic acids is 2.